The number of aliphatic hydroxyl groups is 2. The molecule has 8 heteroatoms. The molecule has 2 aromatic heterocycles. The van der Waals surface area contributed by atoms with Crippen LogP contribution in [0.5, 0.6) is 5.88 Å². The summed E-state index contributed by atoms with van der Waals surface area (Å²) in [6, 6.07) is 7.11. The van der Waals surface area contributed by atoms with Crippen molar-refractivity contribution in [3.05, 3.63) is 53.5 Å². The van der Waals surface area contributed by atoms with Crippen LogP contribution in [0.2, 0.25) is 0 Å². The van der Waals surface area contributed by atoms with Crippen LogP contribution in [0.15, 0.2) is 36.7 Å². The van der Waals surface area contributed by atoms with Gasteiger partial charge in [0.2, 0.25) is 5.88 Å². The molecule has 0 aromatic carbocycles. The van der Waals surface area contributed by atoms with E-state index in [2.05, 4.69) is 26.7 Å². The number of fused-ring (bicyclic) bond motifs is 1. The van der Waals surface area contributed by atoms with Gasteiger partial charge in [-0.2, -0.15) is 0 Å². The quantitative estimate of drug-likeness (QED) is 0.628. The third-order valence-corrected chi connectivity index (χ3v) is 5.68. The van der Waals surface area contributed by atoms with E-state index in [0.717, 1.165) is 5.69 Å². The summed E-state index contributed by atoms with van der Waals surface area (Å²) in [6.07, 6.45) is 3.08. The Hall–Kier alpha value is -2.99. The lowest BCUT2D eigenvalue weighted by molar-refractivity contribution is 0.0324. The van der Waals surface area contributed by atoms with Crippen molar-refractivity contribution < 1.29 is 19.7 Å². The first-order chi connectivity index (χ1) is 16.1. The molecule has 0 saturated carbocycles. The molecule has 8 nitrogen and oxygen atoms in total. The molecule has 0 unspecified atom stereocenters. The average molecular weight is 467 g/mol. The van der Waals surface area contributed by atoms with E-state index in [4.69, 9.17) is 4.74 Å². The standard InChI is InChI=1S/C26H34N4O4/c1-18-14-30(19(2)17-31)25(32)22-12-20(9-10-26(3,4)33)13-28-24(22)34-23(18)16-29(5)15-21-8-6-7-11-27-21/h6-8,11-13,18-19,23,31,33H,14-17H2,1-5H3/t18-,19-,23-/m1/s1. The molecule has 0 spiro atoms. The molecule has 3 heterocycles. The van der Waals surface area contributed by atoms with Crippen LogP contribution in [0, 0.1) is 17.8 Å². The van der Waals surface area contributed by atoms with E-state index in [0.29, 0.717) is 30.8 Å². The number of carbonyl (C=O) groups is 1. The van der Waals surface area contributed by atoms with Gasteiger partial charge in [-0.05, 0) is 46.0 Å². The van der Waals surface area contributed by atoms with E-state index < -0.39 is 5.60 Å². The first-order valence-electron chi connectivity index (χ1n) is 11.5. The number of pyridine rings is 2. The number of rotatable bonds is 6. The van der Waals surface area contributed by atoms with Crippen molar-refractivity contribution in [1.82, 2.24) is 19.8 Å². The van der Waals surface area contributed by atoms with Crippen LogP contribution in [-0.2, 0) is 6.54 Å². The van der Waals surface area contributed by atoms with E-state index in [1.54, 1.807) is 37.2 Å². The molecular weight excluding hydrogens is 432 g/mol. The van der Waals surface area contributed by atoms with Gasteiger partial charge in [0.05, 0.1) is 18.3 Å². The van der Waals surface area contributed by atoms with Crippen molar-refractivity contribution in [1.29, 1.82) is 0 Å². The van der Waals surface area contributed by atoms with Crippen molar-refractivity contribution in [3.63, 3.8) is 0 Å². The molecule has 0 aliphatic carbocycles. The second-order valence-corrected chi connectivity index (χ2v) is 9.53. The Morgan fingerprint density at radius 2 is 2.12 bits per heavy atom. The number of aromatic nitrogens is 2. The van der Waals surface area contributed by atoms with Crippen molar-refractivity contribution in [2.24, 2.45) is 5.92 Å². The normalized spacial score (nSPS) is 19.4. The second-order valence-electron chi connectivity index (χ2n) is 9.53. The number of carbonyl (C=O) groups excluding carboxylic acids is 1. The fourth-order valence-electron chi connectivity index (χ4n) is 3.75. The Kier molecular flexibility index (Phi) is 8.26. The predicted octanol–water partition coefficient (Wildman–Crippen LogP) is 1.95. The monoisotopic (exact) mass is 466 g/mol. The van der Waals surface area contributed by atoms with Gasteiger partial charge >= 0.3 is 0 Å². The highest BCUT2D eigenvalue weighted by atomic mass is 16.5. The van der Waals surface area contributed by atoms with Crippen LogP contribution in [0.4, 0.5) is 0 Å². The Morgan fingerprint density at radius 1 is 1.35 bits per heavy atom. The highest BCUT2D eigenvalue weighted by molar-refractivity contribution is 5.97. The van der Waals surface area contributed by atoms with Crippen LogP contribution in [0.25, 0.3) is 0 Å². The summed E-state index contributed by atoms with van der Waals surface area (Å²) in [7, 11) is 2.01. The molecule has 1 aliphatic heterocycles. The van der Waals surface area contributed by atoms with E-state index >= 15 is 0 Å². The van der Waals surface area contributed by atoms with E-state index in [1.807, 2.05) is 39.1 Å². The number of nitrogens with zero attached hydrogens (tertiary/aromatic N) is 4. The molecule has 3 rings (SSSR count). The Morgan fingerprint density at radius 3 is 2.76 bits per heavy atom. The Labute approximate surface area is 201 Å². The topological polar surface area (TPSA) is 99.0 Å². The van der Waals surface area contributed by atoms with Crippen molar-refractivity contribution in [2.75, 3.05) is 26.7 Å². The fraction of sp³-hybridized carbons (Fsp3) is 0.500. The van der Waals surface area contributed by atoms with E-state index in [1.165, 1.54) is 0 Å². The summed E-state index contributed by atoms with van der Waals surface area (Å²) < 4.78 is 6.31. The minimum absolute atomic E-state index is 0.00580. The highest BCUT2D eigenvalue weighted by Crippen LogP contribution is 2.27. The molecule has 0 bridgehead atoms. The summed E-state index contributed by atoms with van der Waals surface area (Å²) >= 11 is 0. The SMILES string of the molecule is C[C@@H]1CN([C@H](C)CO)C(=O)c2cc(C#CC(C)(C)O)cnc2O[C@@H]1CN(C)Cc1ccccn1. The maximum atomic E-state index is 13.4. The van der Waals surface area contributed by atoms with Gasteiger partial charge in [-0.1, -0.05) is 24.8 Å². The number of ether oxygens (including phenoxy) is 1. The van der Waals surface area contributed by atoms with Gasteiger partial charge < -0.3 is 19.8 Å². The molecule has 182 valence electrons. The molecule has 0 saturated heterocycles. The van der Waals surface area contributed by atoms with E-state index in [-0.39, 0.29) is 36.5 Å². The lowest BCUT2D eigenvalue weighted by atomic mass is 9.99. The number of hydrogen-bond acceptors (Lipinski definition) is 7. The van der Waals surface area contributed by atoms with Crippen LogP contribution in [0.3, 0.4) is 0 Å². The van der Waals surface area contributed by atoms with Gasteiger partial charge in [0.15, 0.2) is 0 Å². The summed E-state index contributed by atoms with van der Waals surface area (Å²) in [6.45, 7) is 8.59. The minimum Gasteiger partial charge on any atom is -0.472 e. The zero-order chi connectivity index (χ0) is 24.9. The van der Waals surface area contributed by atoms with Crippen LogP contribution in [-0.4, -0.2) is 80.4 Å². The summed E-state index contributed by atoms with van der Waals surface area (Å²) in [5, 5.41) is 19.7. The smallest absolute Gasteiger partial charge is 0.259 e. The lowest BCUT2D eigenvalue weighted by Gasteiger charge is -2.37. The first-order valence-corrected chi connectivity index (χ1v) is 11.5. The second kappa shape index (κ2) is 11.0. The van der Waals surface area contributed by atoms with Gasteiger partial charge in [0.1, 0.15) is 17.3 Å². The fourth-order valence-corrected chi connectivity index (χ4v) is 3.75. The molecule has 2 N–H and O–H groups in total. The third-order valence-electron chi connectivity index (χ3n) is 5.68. The summed E-state index contributed by atoms with van der Waals surface area (Å²) in [5.41, 5.74) is 0.600. The predicted molar refractivity (Wildman–Crippen MR) is 129 cm³/mol. The first kappa shape index (κ1) is 25.6. The molecule has 34 heavy (non-hydrogen) atoms. The van der Waals surface area contributed by atoms with Gasteiger partial charge in [-0.25, -0.2) is 4.98 Å². The van der Waals surface area contributed by atoms with Gasteiger partial charge in [0, 0.05) is 43.5 Å². The molecule has 2 aromatic rings. The maximum Gasteiger partial charge on any atom is 0.259 e. The lowest BCUT2D eigenvalue weighted by Crippen LogP contribution is -2.49. The molecule has 0 fully saturated rings. The zero-order valence-corrected chi connectivity index (χ0v) is 20.5. The van der Waals surface area contributed by atoms with Crippen molar-refractivity contribution in [2.45, 2.75) is 52.0 Å². The summed E-state index contributed by atoms with van der Waals surface area (Å²) in [4.78, 5) is 26.1. The van der Waals surface area contributed by atoms with Gasteiger partial charge in [-0.3, -0.25) is 14.7 Å². The largest absolute Gasteiger partial charge is 0.472 e. The van der Waals surface area contributed by atoms with E-state index in [9.17, 15) is 15.0 Å². The molecule has 1 aliphatic rings. The zero-order valence-electron chi connectivity index (χ0n) is 20.5. The van der Waals surface area contributed by atoms with Crippen molar-refractivity contribution in [3.8, 4) is 17.7 Å². The van der Waals surface area contributed by atoms with Gasteiger partial charge in [-0.15, -0.1) is 0 Å². The van der Waals surface area contributed by atoms with Crippen LogP contribution < -0.4 is 4.74 Å². The van der Waals surface area contributed by atoms with Crippen LogP contribution in [0.1, 0.15) is 49.3 Å². The molecule has 1 amide bonds. The summed E-state index contributed by atoms with van der Waals surface area (Å²) in [5.74, 6) is 5.60. The number of likely N-dealkylation sites (N-methyl/N-ethyl adjacent to an activating group) is 1. The molecular formula is C26H34N4O4. The number of hydrogen-bond donors (Lipinski definition) is 2. The molecule has 0 radical (unpaired) electrons. The van der Waals surface area contributed by atoms with Gasteiger partial charge in [0.25, 0.3) is 5.91 Å². The van der Waals surface area contributed by atoms with Crippen LogP contribution >= 0.6 is 0 Å². The third kappa shape index (κ3) is 6.76. The van der Waals surface area contributed by atoms with Crippen molar-refractivity contribution >= 4 is 5.91 Å². The average Bonchev–Trinajstić information content (AvgIpc) is 2.79. The highest BCUT2D eigenvalue weighted by Gasteiger charge is 2.34. The number of aliphatic hydroxyl groups excluding tert-OH is 1. The Balaban J connectivity index is 1.92. The number of amides is 1. The minimum atomic E-state index is -1.17. The maximum absolute atomic E-state index is 13.4. The molecule has 3 atom stereocenters. The Bertz CT molecular complexity index is 1040.